The van der Waals surface area contributed by atoms with Crippen LogP contribution in [0.4, 0.5) is 0 Å². The zero-order valence-corrected chi connectivity index (χ0v) is 25.3. The van der Waals surface area contributed by atoms with E-state index in [2.05, 4.69) is 62.3 Å². The van der Waals surface area contributed by atoms with Gasteiger partial charge in [0.15, 0.2) is 0 Å². The molecule has 0 saturated heterocycles. The van der Waals surface area contributed by atoms with Crippen LogP contribution >= 0.6 is 7.82 Å². The van der Waals surface area contributed by atoms with Crippen molar-refractivity contribution in [2.24, 2.45) is 53.3 Å². The Labute approximate surface area is 217 Å². The van der Waals surface area contributed by atoms with Crippen LogP contribution in [0.25, 0.3) is 0 Å². The topological polar surface area (TPSA) is 44.8 Å². The summed E-state index contributed by atoms with van der Waals surface area (Å²) in [5, 5.41) is 0. The van der Waals surface area contributed by atoms with Crippen molar-refractivity contribution in [3.05, 3.63) is 0 Å². The lowest BCUT2D eigenvalue weighted by Crippen LogP contribution is -2.39. The van der Waals surface area contributed by atoms with Gasteiger partial charge in [-0.3, -0.25) is 13.6 Å². The van der Waals surface area contributed by atoms with E-state index >= 15 is 0 Å². The highest BCUT2D eigenvalue weighted by atomic mass is 31.2. The Hall–Kier alpha value is 0.110. The Morgan fingerprint density at radius 2 is 0.771 bits per heavy atom. The minimum Gasteiger partial charge on any atom is -0.283 e. The Morgan fingerprint density at radius 3 is 1.00 bits per heavy atom. The normalized spacial score (nSPS) is 39.5. The molecule has 3 rings (SSSR count). The van der Waals surface area contributed by atoms with Gasteiger partial charge in [0.2, 0.25) is 0 Å². The van der Waals surface area contributed by atoms with Crippen molar-refractivity contribution in [1.82, 2.24) is 0 Å². The molecule has 0 radical (unpaired) electrons. The fourth-order valence-corrected chi connectivity index (χ4v) is 9.15. The number of hydrogen-bond acceptors (Lipinski definition) is 4. The van der Waals surface area contributed by atoms with Crippen molar-refractivity contribution in [3.8, 4) is 0 Å². The Morgan fingerprint density at radius 1 is 0.514 bits per heavy atom. The molecule has 0 spiro atoms. The van der Waals surface area contributed by atoms with Gasteiger partial charge in [0.1, 0.15) is 0 Å². The third-order valence-electron chi connectivity index (χ3n) is 9.68. The maximum absolute atomic E-state index is 14.8. The first-order valence-corrected chi connectivity index (χ1v) is 16.5. The highest BCUT2D eigenvalue weighted by molar-refractivity contribution is 7.48. The second kappa shape index (κ2) is 12.8. The molecule has 0 aromatic heterocycles. The van der Waals surface area contributed by atoms with Gasteiger partial charge < -0.3 is 0 Å². The lowest BCUT2D eigenvalue weighted by atomic mass is 9.75. The summed E-state index contributed by atoms with van der Waals surface area (Å²) in [7, 11) is -3.74. The SMILES string of the molecule is CC(C)[C@@H]1CC[C@@H](C)C[C@H]1OP(=O)(O[C@@H]1C[C@H](C)CC[C@H]1C(C)C)O[C@@H]1C[C@H](C)CC[C@H]1C(C)C. The lowest BCUT2D eigenvalue weighted by Gasteiger charge is -2.43. The Kier molecular flexibility index (Phi) is 10.8. The van der Waals surface area contributed by atoms with Gasteiger partial charge in [-0.15, -0.1) is 0 Å². The highest BCUT2D eigenvalue weighted by Gasteiger charge is 2.46. The largest absolute Gasteiger partial charge is 0.475 e. The third-order valence-corrected chi connectivity index (χ3v) is 11.3. The van der Waals surface area contributed by atoms with Crippen LogP contribution in [0.2, 0.25) is 0 Å². The summed E-state index contributed by atoms with van der Waals surface area (Å²) in [5.41, 5.74) is 0. The number of phosphoric ester groups is 1. The van der Waals surface area contributed by atoms with E-state index < -0.39 is 7.82 Å². The standard InChI is InChI=1S/C30H57O4P/c1-19(2)25-13-10-22(7)16-28(25)32-35(31,33-29-17-23(8)11-14-26(29)20(3)4)34-30-18-24(9)12-15-27(30)21(5)6/h19-30H,10-18H2,1-9H3/t22-,23-,24-,25+,26+,27+,28-,29-,30-/m1/s1. The Balaban J connectivity index is 1.89. The molecule has 0 aliphatic heterocycles. The first kappa shape index (κ1) is 29.7. The number of hydrogen-bond donors (Lipinski definition) is 0. The second-order valence-electron chi connectivity index (χ2n) is 13.9. The van der Waals surface area contributed by atoms with E-state index in [-0.39, 0.29) is 18.3 Å². The van der Waals surface area contributed by atoms with Crippen LogP contribution in [-0.2, 0) is 18.1 Å². The van der Waals surface area contributed by atoms with E-state index in [0.717, 1.165) is 38.5 Å². The molecule has 4 nitrogen and oxygen atoms in total. The summed E-state index contributed by atoms with van der Waals surface area (Å²) in [6, 6.07) is 0. The van der Waals surface area contributed by atoms with E-state index in [1.165, 1.54) is 19.3 Å². The van der Waals surface area contributed by atoms with Crippen LogP contribution in [0, 0.1) is 53.3 Å². The van der Waals surface area contributed by atoms with Crippen molar-refractivity contribution in [2.75, 3.05) is 0 Å². The summed E-state index contributed by atoms with van der Waals surface area (Å²) < 4.78 is 34.8. The predicted octanol–water partition coefficient (Wildman–Crippen LogP) is 9.53. The van der Waals surface area contributed by atoms with Crippen LogP contribution in [0.3, 0.4) is 0 Å². The smallest absolute Gasteiger partial charge is 0.283 e. The molecule has 0 aromatic rings. The molecule has 0 N–H and O–H groups in total. The zero-order chi connectivity index (χ0) is 25.9. The zero-order valence-electron chi connectivity index (χ0n) is 24.4. The van der Waals surface area contributed by atoms with Crippen molar-refractivity contribution in [1.29, 1.82) is 0 Å². The molecule has 0 aromatic carbocycles. The average Bonchev–Trinajstić information content (AvgIpc) is 2.72. The fraction of sp³-hybridized carbons (Fsp3) is 1.00. The highest BCUT2D eigenvalue weighted by Crippen LogP contribution is 2.59. The molecular weight excluding hydrogens is 455 g/mol. The van der Waals surface area contributed by atoms with Gasteiger partial charge in [-0.1, -0.05) is 81.6 Å². The summed E-state index contributed by atoms with van der Waals surface area (Å²) in [5.74, 6) is 4.46. The monoisotopic (exact) mass is 512 g/mol. The van der Waals surface area contributed by atoms with E-state index in [1.807, 2.05) is 0 Å². The molecule has 3 saturated carbocycles. The van der Waals surface area contributed by atoms with Gasteiger partial charge in [0.05, 0.1) is 18.3 Å². The number of phosphoric acid groups is 1. The van der Waals surface area contributed by atoms with E-state index in [4.69, 9.17) is 13.6 Å². The van der Waals surface area contributed by atoms with Gasteiger partial charge in [-0.05, 0) is 91.8 Å². The molecule has 0 bridgehead atoms. The van der Waals surface area contributed by atoms with E-state index in [1.54, 1.807) is 0 Å². The number of rotatable bonds is 9. The summed E-state index contributed by atoms with van der Waals surface area (Å²) in [6.45, 7) is 20.6. The van der Waals surface area contributed by atoms with Crippen LogP contribution < -0.4 is 0 Å². The molecule has 0 unspecified atom stereocenters. The second-order valence-corrected chi connectivity index (χ2v) is 15.4. The van der Waals surface area contributed by atoms with Gasteiger partial charge >= 0.3 is 7.82 Å². The molecule has 0 amide bonds. The van der Waals surface area contributed by atoms with Gasteiger partial charge in [-0.25, -0.2) is 4.57 Å². The molecule has 5 heteroatoms. The van der Waals surface area contributed by atoms with E-state index in [0.29, 0.717) is 53.3 Å². The van der Waals surface area contributed by atoms with Crippen molar-refractivity contribution in [2.45, 2.75) is 138 Å². The van der Waals surface area contributed by atoms with Crippen LogP contribution in [0.1, 0.15) is 120 Å². The van der Waals surface area contributed by atoms with Crippen molar-refractivity contribution >= 4 is 7.82 Å². The maximum atomic E-state index is 14.8. The molecular formula is C30H57O4P. The molecule has 9 atom stereocenters. The first-order chi connectivity index (χ1) is 16.4. The minimum absolute atomic E-state index is 0.0541. The molecule has 206 valence electrons. The lowest BCUT2D eigenvalue weighted by molar-refractivity contribution is -0.0574. The first-order valence-electron chi connectivity index (χ1n) is 15.0. The maximum Gasteiger partial charge on any atom is 0.475 e. The molecule has 3 fully saturated rings. The van der Waals surface area contributed by atoms with Crippen LogP contribution in [-0.4, -0.2) is 18.3 Å². The van der Waals surface area contributed by atoms with E-state index in [9.17, 15) is 4.57 Å². The van der Waals surface area contributed by atoms with Crippen molar-refractivity contribution in [3.63, 3.8) is 0 Å². The van der Waals surface area contributed by atoms with Gasteiger partial charge in [-0.2, -0.15) is 0 Å². The van der Waals surface area contributed by atoms with Crippen LogP contribution in [0.15, 0.2) is 0 Å². The summed E-state index contributed by atoms with van der Waals surface area (Å²) >= 11 is 0. The fourth-order valence-electron chi connectivity index (χ4n) is 7.28. The van der Waals surface area contributed by atoms with Crippen LogP contribution in [0.5, 0.6) is 0 Å². The predicted molar refractivity (Wildman–Crippen MR) is 146 cm³/mol. The van der Waals surface area contributed by atoms with Gasteiger partial charge in [0.25, 0.3) is 0 Å². The molecule has 3 aliphatic rings. The molecule has 0 heterocycles. The summed E-state index contributed by atoms with van der Waals surface area (Å²) in [6.07, 6.45) is 9.74. The van der Waals surface area contributed by atoms with Gasteiger partial charge in [0, 0.05) is 0 Å². The average molecular weight is 513 g/mol. The van der Waals surface area contributed by atoms with Crippen molar-refractivity contribution < 1.29 is 18.1 Å². The quantitative estimate of drug-likeness (QED) is 0.289. The molecule has 35 heavy (non-hydrogen) atoms. The minimum atomic E-state index is -3.74. The third kappa shape index (κ3) is 8.05. The summed E-state index contributed by atoms with van der Waals surface area (Å²) in [4.78, 5) is 0. The Bertz CT molecular complexity index is 602. The molecule has 3 aliphatic carbocycles.